The van der Waals surface area contributed by atoms with E-state index in [0.29, 0.717) is 12.8 Å². The number of esters is 4. The van der Waals surface area contributed by atoms with Gasteiger partial charge >= 0.3 is 23.9 Å². The Labute approximate surface area is 335 Å². The monoisotopic (exact) mass is 768 g/mol. The van der Waals surface area contributed by atoms with Gasteiger partial charge in [-0.05, 0) is 87.5 Å². The zero-order valence-corrected chi connectivity index (χ0v) is 36.1. The zero-order valence-electron chi connectivity index (χ0n) is 36.1. The summed E-state index contributed by atoms with van der Waals surface area (Å²) >= 11 is 0. The van der Waals surface area contributed by atoms with Crippen molar-refractivity contribution in [2.75, 3.05) is 0 Å². The van der Waals surface area contributed by atoms with Crippen molar-refractivity contribution in [2.45, 2.75) is 134 Å². The van der Waals surface area contributed by atoms with E-state index in [4.69, 9.17) is 18.9 Å². The van der Waals surface area contributed by atoms with Crippen LogP contribution in [0, 0.1) is 10.8 Å². The first-order valence-corrected chi connectivity index (χ1v) is 19.2. The second-order valence-corrected chi connectivity index (χ2v) is 16.1. The number of carbonyl (C=O) groups is 4. The van der Waals surface area contributed by atoms with Crippen LogP contribution >= 0.6 is 0 Å². The van der Waals surface area contributed by atoms with Crippen molar-refractivity contribution in [2.24, 2.45) is 10.8 Å². The molecule has 0 heterocycles. The smallest absolute Gasteiger partial charge is 0.303 e. The highest BCUT2D eigenvalue weighted by molar-refractivity contribution is 5.69. The quantitative estimate of drug-likeness (QED) is 0.0977. The molecule has 0 aromatic carbocycles. The number of rotatable bonds is 14. The zero-order chi connectivity index (χ0) is 42.4. The summed E-state index contributed by atoms with van der Waals surface area (Å²) in [4.78, 5) is 47.2. The molecule has 0 fully saturated rings. The van der Waals surface area contributed by atoms with Crippen LogP contribution in [0.5, 0.6) is 0 Å². The molecule has 0 aromatic rings. The molecule has 4 atom stereocenters. The van der Waals surface area contributed by atoms with E-state index < -0.39 is 48.3 Å². The molecular formula is C48H64O8. The molecule has 2 aliphatic rings. The molecule has 2 aliphatic carbocycles. The van der Waals surface area contributed by atoms with E-state index in [2.05, 4.69) is 76.3 Å². The molecule has 2 rings (SSSR count). The summed E-state index contributed by atoms with van der Waals surface area (Å²) in [5.41, 5.74) is 7.65. The van der Waals surface area contributed by atoms with Crippen molar-refractivity contribution in [1.29, 1.82) is 0 Å². The molecule has 0 spiro atoms. The molecule has 0 amide bonds. The Bertz CT molecular complexity index is 1690. The van der Waals surface area contributed by atoms with E-state index in [1.54, 1.807) is 0 Å². The van der Waals surface area contributed by atoms with Gasteiger partial charge < -0.3 is 18.9 Å². The van der Waals surface area contributed by atoms with Gasteiger partial charge in [0.15, 0.2) is 12.2 Å². The van der Waals surface area contributed by atoms with Gasteiger partial charge in [-0.25, -0.2) is 0 Å². The van der Waals surface area contributed by atoms with Crippen molar-refractivity contribution in [3.63, 3.8) is 0 Å². The van der Waals surface area contributed by atoms with E-state index in [-0.39, 0.29) is 10.8 Å². The minimum atomic E-state index is -0.613. The third kappa shape index (κ3) is 15.3. The molecule has 0 unspecified atom stereocenters. The van der Waals surface area contributed by atoms with E-state index in [1.165, 1.54) is 27.7 Å². The third-order valence-corrected chi connectivity index (χ3v) is 9.77. The van der Waals surface area contributed by atoms with Crippen LogP contribution in [0.2, 0.25) is 0 Å². The van der Waals surface area contributed by atoms with Crippen LogP contribution in [-0.2, 0) is 38.1 Å². The Hall–Kier alpha value is -4.98. The molecule has 0 bridgehead atoms. The first kappa shape index (κ1) is 47.2. The fraction of sp³-hybridized carbons (Fsp3) is 0.458. The van der Waals surface area contributed by atoms with Crippen LogP contribution in [0.15, 0.2) is 130 Å². The summed E-state index contributed by atoms with van der Waals surface area (Å²) in [6.07, 6.45) is 27.4. The second kappa shape index (κ2) is 21.4. The van der Waals surface area contributed by atoms with Crippen LogP contribution in [0.25, 0.3) is 0 Å². The molecule has 0 aliphatic heterocycles. The maximum absolute atomic E-state index is 11.8. The van der Waals surface area contributed by atoms with Gasteiger partial charge in [-0.15, -0.1) is 0 Å². The number of carbonyl (C=O) groups excluding carboxylic acids is 4. The lowest BCUT2D eigenvalue weighted by atomic mass is 9.70. The van der Waals surface area contributed by atoms with E-state index >= 15 is 0 Å². The summed E-state index contributed by atoms with van der Waals surface area (Å²) in [5, 5.41) is 0. The summed E-state index contributed by atoms with van der Waals surface area (Å²) in [6, 6.07) is 0. The molecule has 0 saturated heterocycles. The highest BCUT2D eigenvalue weighted by atomic mass is 16.6. The first-order chi connectivity index (χ1) is 26.0. The first-order valence-electron chi connectivity index (χ1n) is 19.2. The molecule has 8 nitrogen and oxygen atoms in total. The summed E-state index contributed by atoms with van der Waals surface area (Å²) in [7, 11) is 0. The SMILES string of the molecule is CC(=O)O[C@H]1CC(C)(C)C(/C=C/C(C)=C/C=C/C(C)=C/C=C/C=C(C)/C=C/C=C(C)/C=C/C2=C(C)[C@H](OC(C)=O)[C@@H](OC(C)=O)CC2(C)C)=C(C)[C@@H]1OC(C)=O. The Morgan fingerprint density at radius 3 is 1.05 bits per heavy atom. The number of allylic oxidation sites excluding steroid dienone is 20. The van der Waals surface area contributed by atoms with Gasteiger partial charge in [-0.3, -0.25) is 19.2 Å². The Kier molecular flexibility index (Phi) is 18.0. The van der Waals surface area contributed by atoms with Gasteiger partial charge in [0.05, 0.1) is 0 Å². The Balaban J connectivity index is 2.07. The lowest BCUT2D eigenvalue weighted by Gasteiger charge is -2.41. The normalized spacial score (nSPS) is 23.9. The van der Waals surface area contributed by atoms with Crippen LogP contribution in [0.3, 0.4) is 0 Å². The van der Waals surface area contributed by atoms with Crippen LogP contribution in [0.4, 0.5) is 0 Å². The molecule has 0 radical (unpaired) electrons. The topological polar surface area (TPSA) is 105 Å². The van der Waals surface area contributed by atoms with Crippen molar-refractivity contribution in [1.82, 2.24) is 0 Å². The highest BCUT2D eigenvalue weighted by Gasteiger charge is 2.43. The largest absolute Gasteiger partial charge is 0.458 e. The molecule has 56 heavy (non-hydrogen) atoms. The fourth-order valence-corrected chi connectivity index (χ4v) is 7.17. The highest BCUT2D eigenvalue weighted by Crippen LogP contribution is 2.44. The fourth-order valence-electron chi connectivity index (χ4n) is 7.17. The van der Waals surface area contributed by atoms with Gasteiger partial charge in [-0.1, -0.05) is 135 Å². The Morgan fingerprint density at radius 1 is 0.464 bits per heavy atom. The van der Waals surface area contributed by atoms with Crippen LogP contribution < -0.4 is 0 Å². The molecular weight excluding hydrogens is 705 g/mol. The second-order valence-electron chi connectivity index (χ2n) is 16.1. The van der Waals surface area contributed by atoms with Crippen LogP contribution in [-0.4, -0.2) is 48.3 Å². The summed E-state index contributed by atoms with van der Waals surface area (Å²) < 4.78 is 22.3. The Morgan fingerprint density at radius 2 is 0.750 bits per heavy atom. The summed E-state index contributed by atoms with van der Waals surface area (Å²) in [6.45, 7) is 25.9. The predicted octanol–water partition coefficient (Wildman–Crippen LogP) is 10.8. The maximum atomic E-state index is 11.8. The molecule has 304 valence electrons. The van der Waals surface area contributed by atoms with Crippen LogP contribution in [0.1, 0.15) is 110 Å². The number of ether oxygens (including phenoxy) is 4. The minimum Gasteiger partial charge on any atom is -0.458 e. The average molecular weight is 769 g/mol. The van der Waals surface area contributed by atoms with Crippen molar-refractivity contribution in [3.8, 4) is 0 Å². The number of hydrogen-bond donors (Lipinski definition) is 0. The van der Waals surface area contributed by atoms with Gasteiger partial charge in [-0.2, -0.15) is 0 Å². The lowest BCUT2D eigenvalue weighted by molar-refractivity contribution is -0.165. The van der Waals surface area contributed by atoms with Gasteiger partial charge in [0.1, 0.15) is 12.2 Å². The minimum absolute atomic E-state index is 0.279. The van der Waals surface area contributed by atoms with Crippen molar-refractivity contribution >= 4 is 23.9 Å². The van der Waals surface area contributed by atoms with Gasteiger partial charge in [0, 0.05) is 27.7 Å². The molecule has 0 N–H and O–H groups in total. The average Bonchev–Trinajstić information content (AvgIpc) is 3.05. The van der Waals surface area contributed by atoms with E-state index in [0.717, 1.165) is 44.6 Å². The predicted molar refractivity (Wildman–Crippen MR) is 225 cm³/mol. The number of hydrogen-bond acceptors (Lipinski definition) is 8. The van der Waals surface area contributed by atoms with Crippen molar-refractivity contribution < 1.29 is 38.1 Å². The third-order valence-electron chi connectivity index (χ3n) is 9.77. The lowest BCUT2D eigenvalue weighted by Crippen LogP contribution is -2.43. The molecule has 0 saturated carbocycles. The molecule has 0 aromatic heterocycles. The van der Waals surface area contributed by atoms with Gasteiger partial charge in [0.25, 0.3) is 0 Å². The van der Waals surface area contributed by atoms with E-state index in [9.17, 15) is 19.2 Å². The maximum Gasteiger partial charge on any atom is 0.303 e. The standard InChI is InChI=1S/C48H64O8/c1-31(21-17-23-33(3)25-27-41-35(5)45(55-39(9)51)43(53-37(7)49)29-47(41,11)12)19-15-16-20-32(2)22-18-24-34(4)26-28-42-36(6)46(56-40(10)52)44(54-38(8)50)30-48(42,13)14/h15-28,43-46H,29-30H2,1-14H3/b16-15+,21-17+,22-18+,27-25+,28-26+,31-19+,32-20+,33-23+,34-24+/t43-,44-,45-,46-/m0/s1. The molecule has 8 heteroatoms. The van der Waals surface area contributed by atoms with E-state index in [1.807, 2.05) is 78.0 Å². The summed E-state index contributed by atoms with van der Waals surface area (Å²) in [5.74, 6) is -1.61. The van der Waals surface area contributed by atoms with Crippen molar-refractivity contribution in [3.05, 3.63) is 130 Å². The van der Waals surface area contributed by atoms with Gasteiger partial charge in [0.2, 0.25) is 0 Å².